The van der Waals surface area contributed by atoms with Gasteiger partial charge in [-0.25, -0.2) is 0 Å². The molecule has 0 saturated carbocycles. The van der Waals surface area contributed by atoms with Crippen LogP contribution in [0.4, 0.5) is 0 Å². The van der Waals surface area contributed by atoms with Crippen molar-refractivity contribution >= 4 is 16.4 Å². The summed E-state index contributed by atoms with van der Waals surface area (Å²) >= 11 is 0. The van der Waals surface area contributed by atoms with Crippen LogP contribution in [0.3, 0.4) is 0 Å². The molecule has 90 valence electrons. The summed E-state index contributed by atoms with van der Waals surface area (Å²) in [4.78, 5) is 10.5. The molecule has 1 aromatic carbocycles. The zero-order valence-electron chi connectivity index (χ0n) is 10.5. The van der Waals surface area contributed by atoms with E-state index in [0.29, 0.717) is 17.6 Å². The molecule has 0 amide bonds. The number of carbonyl (C=O) groups excluding carboxylic acids is 1. The molecule has 0 aliphatic heterocycles. The van der Waals surface area contributed by atoms with Gasteiger partial charge in [0.2, 0.25) is 0 Å². The van der Waals surface area contributed by atoms with Crippen molar-refractivity contribution in [2.75, 3.05) is 12.4 Å². The van der Waals surface area contributed by atoms with Crippen molar-refractivity contribution in [3.63, 3.8) is 0 Å². The van der Waals surface area contributed by atoms with Crippen molar-refractivity contribution in [2.45, 2.75) is 6.42 Å². The molecule has 7 heteroatoms. The van der Waals surface area contributed by atoms with Crippen LogP contribution in [0, 0.1) is 0 Å². The number of rotatable bonds is 6. The van der Waals surface area contributed by atoms with Gasteiger partial charge < -0.3 is 6.16 Å². The van der Waals surface area contributed by atoms with E-state index in [9.17, 15) is 13.2 Å². The third-order valence-corrected chi connectivity index (χ3v) is 2.61. The summed E-state index contributed by atoms with van der Waals surface area (Å²) < 4.78 is 34.5. The molecule has 0 saturated heterocycles. The number of hydrogen-bond acceptors (Lipinski definition) is 4. The molecule has 0 aliphatic carbocycles. The number of aldehydes is 1. The molecule has 0 heterocycles. The Morgan fingerprint density at radius 3 is 2.71 bits per heavy atom. The smallest absolute Gasteiger partial charge is 1.00 e. The molecule has 17 heavy (non-hydrogen) atoms. The second-order valence-corrected chi connectivity index (χ2v) is 4.75. The molecule has 1 aromatic rings. The van der Waals surface area contributed by atoms with Gasteiger partial charge in [0.05, 0.1) is 12.4 Å². The predicted octanol–water partition coefficient (Wildman–Crippen LogP) is -1.73. The van der Waals surface area contributed by atoms with Crippen LogP contribution < -0.4 is 34.3 Å². The topological polar surface area (TPSA) is 80.7 Å². The van der Waals surface area contributed by atoms with Gasteiger partial charge in [-0.15, -0.1) is 0 Å². The first kappa shape index (κ1) is 16.6. The summed E-state index contributed by atoms with van der Waals surface area (Å²) in [6.45, 7) is 0.169. The fraction of sp³-hybridized carbons (Fsp3) is 0.300. The van der Waals surface area contributed by atoms with Gasteiger partial charge in [0.25, 0.3) is 10.1 Å². The molecule has 0 bridgehead atoms. The maximum absolute atomic E-state index is 10.5. The SMILES string of the molecule is O=Cc1cccc(OCCCS(=O)(=O)O)c1.[H-].[Na+]. The summed E-state index contributed by atoms with van der Waals surface area (Å²) in [6.07, 6.45) is 0.898. The van der Waals surface area contributed by atoms with Crippen LogP contribution in [0.25, 0.3) is 0 Å². The molecular formula is C10H13NaO5S. The van der Waals surface area contributed by atoms with Gasteiger partial charge in [0.15, 0.2) is 0 Å². The molecular weight excluding hydrogens is 255 g/mol. The fourth-order valence-electron chi connectivity index (χ4n) is 1.11. The molecule has 0 aliphatic rings. The molecule has 0 aromatic heterocycles. The van der Waals surface area contributed by atoms with E-state index >= 15 is 0 Å². The van der Waals surface area contributed by atoms with Gasteiger partial charge >= 0.3 is 29.6 Å². The van der Waals surface area contributed by atoms with Gasteiger partial charge in [-0.1, -0.05) is 12.1 Å². The normalized spacial score (nSPS) is 10.4. The summed E-state index contributed by atoms with van der Waals surface area (Å²) in [5, 5.41) is 0. The number of benzene rings is 1. The minimum Gasteiger partial charge on any atom is -1.00 e. The summed E-state index contributed by atoms with van der Waals surface area (Å²) in [5.74, 6) is 0.167. The van der Waals surface area contributed by atoms with Gasteiger partial charge in [-0.05, 0) is 18.6 Å². The van der Waals surface area contributed by atoms with Crippen LogP contribution in [0.15, 0.2) is 24.3 Å². The van der Waals surface area contributed by atoms with E-state index in [1.54, 1.807) is 24.3 Å². The first-order valence-corrected chi connectivity index (χ1v) is 6.25. The molecule has 5 nitrogen and oxygen atoms in total. The average molecular weight is 268 g/mol. The quantitative estimate of drug-likeness (QED) is 0.287. The fourth-order valence-corrected chi connectivity index (χ4v) is 1.59. The Labute approximate surface area is 124 Å². The first-order valence-electron chi connectivity index (χ1n) is 4.64. The van der Waals surface area contributed by atoms with Crippen molar-refractivity contribution in [2.24, 2.45) is 0 Å². The van der Waals surface area contributed by atoms with Gasteiger partial charge in [0.1, 0.15) is 12.0 Å². The Hall–Kier alpha value is -0.400. The summed E-state index contributed by atoms with van der Waals surface area (Å²) in [7, 11) is -3.93. The van der Waals surface area contributed by atoms with Crippen molar-refractivity contribution < 1.29 is 53.5 Å². The van der Waals surface area contributed by atoms with Gasteiger partial charge in [-0.2, -0.15) is 8.42 Å². The largest absolute Gasteiger partial charge is 1.00 e. The minimum atomic E-state index is -3.93. The second kappa shape index (κ2) is 7.84. The van der Waals surface area contributed by atoms with E-state index in [1.165, 1.54) is 0 Å². The number of carbonyl (C=O) groups is 1. The van der Waals surface area contributed by atoms with Crippen LogP contribution in [0.2, 0.25) is 0 Å². The summed E-state index contributed by atoms with van der Waals surface area (Å²) in [6, 6.07) is 6.53. The molecule has 0 atom stereocenters. The van der Waals surface area contributed by atoms with E-state index in [1.807, 2.05) is 0 Å². The molecule has 0 spiro atoms. The Bertz CT molecular complexity index is 463. The predicted molar refractivity (Wildman–Crippen MR) is 59.5 cm³/mol. The first-order chi connectivity index (χ1) is 7.51. The van der Waals surface area contributed by atoms with E-state index in [4.69, 9.17) is 9.29 Å². The third-order valence-electron chi connectivity index (χ3n) is 1.81. The number of hydrogen-bond donors (Lipinski definition) is 1. The molecule has 0 radical (unpaired) electrons. The number of ether oxygens (including phenoxy) is 1. The second-order valence-electron chi connectivity index (χ2n) is 3.18. The third kappa shape index (κ3) is 7.51. The van der Waals surface area contributed by atoms with Crippen molar-refractivity contribution in [3.8, 4) is 5.75 Å². The zero-order chi connectivity index (χ0) is 12.0. The Morgan fingerprint density at radius 1 is 1.41 bits per heavy atom. The van der Waals surface area contributed by atoms with Crippen LogP contribution in [0.5, 0.6) is 5.75 Å². The van der Waals surface area contributed by atoms with Gasteiger partial charge in [-0.3, -0.25) is 9.35 Å². The maximum Gasteiger partial charge on any atom is 1.00 e. The molecule has 0 unspecified atom stereocenters. The monoisotopic (exact) mass is 268 g/mol. The molecule has 0 fully saturated rings. The van der Waals surface area contributed by atoms with Crippen LogP contribution >= 0.6 is 0 Å². The maximum atomic E-state index is 10.5. The average Bonchev–Trinajstić information content (AvgIpc) is 2.23. The minimum absolute atomic E-state index is 0. The van der Waals surface area contributed by atoms with Gasteiger partial charge in [0, 0.05) is 5.56 Å². The molecule has 1 rings (SSSR count). The van der Waals surface area contributed by atoms with E-state index in [2.05, 4.69) is 0 Å². The van der Waals surface area contributed by atoms with Crippen LogP contribution in [-0.4, -0.2) is 31.6 Å². The van der Waals surface area contributed by atoms with Crippen molar-refractivity contribution in [3.05, 3.63) is 29.8 Å². The van der Waals surface area contributed by atoms with E-state index < -0.39 is 10.1 Å². The Balaban J connectivity index is 0. The standard InChI is InChI=1S/C10H12O5S.Na.H/c11-8-9-3-1-4-10(7-9)15-5-2-6-16(12,13)14;;/h1,3-4,7-8H,2,5-6H2,(H,12,13,14);;/q;+1;-1. The van der Waals surface area contributed by atoms with Crippen LogP contribution in [0.1, 0.15) is 18.2 Å². The van der Waals surface area contributed by atoms with E-state index in [0.717, 1.165) is 0 Å². The summed E-state index contributed by atoms with van der Waals surface area (Å²) in [5.41, 5.74) is 0.493. The van der Waals surface area contributed by atoms with Crippen molar-refractivity contribution in [1.29, 1.82) is 0 Å². The van der Waals surface area contributed by atoms with Crippen LogP contribution in [-0.2, 0) is 10.1 Å². The molecule has 1 N–H and O–H groups in total. The Kier molecular flexibility index (Phi) is 7.65. The zero-order valence-corrected chi connectivity index (χ0v) is 12.3. The Morgan fingerprint density at radius 2 is 2.12 bits per heavy atom. The van der Waals surface area contributed by atoms with E-state index in [-0.39, 0.29) is 49.8 Å². The van der Waals surface area contributed by atoms with Crippen molar-refractivity contribution in [1.82, 2.24) is 0 Å².